The largest absolute Gasteiger partial charge is 0.383 e. The van der Waals surface area contributed by atoms with Crippen molar-refractivity contribution in [3.05, 3.63) is 5.56 Å². The second-order valence-corrected chi connectivity index (χ2v) is 5.52. The van der Waals surface area contributed by atoms with Crippen LogP contribution in [-0.4, -0.2) is 41.4 Å². The highest BCUT2D eigenvalue weighted by atomic mass is 15.4. The Morgan fingerprint density at radius 1 is 1.58 bits per heavy atom. The zero-order valence-corrected chi connectivity index (χ0v) is 11.8. The van der Waals surface area contributed by atoms with Crippen molar-refractivity contribution in [3.63, 3.8) is 0 Å². The third-order valence-corrected chi connectivity index (χ3v) is 3.56. The summed E-state index contributed by atoms with van der Waals surface area (Å²) in [6.45, 7) is 3.66. The fourth-order valence-corrected chi connectivity index (χ4v) is 2.08. The Kier molecular flexibility index (Phi) is 3.96. The number of nitriles is 1. The number of aromatic nitrogens is 2. The summed E-state index contributed by atoms with van der Waals surface area (Å²) in [6.07, 6.45) is 2.51. The van der Waals surface area contributed by atoms with E-state index in [1.807, 2.05) is 14.1 Å². The standard InChI is InChI=1S/C13H22N6/c1-9(10-4-5-10)16-13-11(8-14)12(15)19(17-13)7-6-18(2)3/h9-10H,4-7,15H2,1-3H3,(H,16,17). The fourth-order valence-electron chi connectivity index (χ4n) is 2.08. The van der Waals surface area contributed by atoms with Crippen LogP contribution in [0.25, 0.3) is 0 Å². The highest BCUT2D eigenvalue weighted by Crippen LogP contribution is 2.34. The molecule has 1 aliphatic rings. The molecule has 0 aliphatic heterocycles. The second-order valence-electron chi connectivity index (χ2n) is 5.52. The molecule has 0 aromatic carbocycles. The molecule has 1 aliphatic carbocycles. The lowest BCUT2D eigenvalue weighted by Gasteiger charge is -2.12. The van der Waals surface area contributed by atoms with Gasteiger partial charge in [-0.3, -0.25) is 0 Å². The average molecular weight is 262 g/mol. The Balaban J connectivity index is 2.13. The lowest BCUT2D eigenvalue weighted by molar-refractivity contribution is 0.375. The van der Waals surface area contributed by atoms with E-state index in [1.165, 1.54) is 12.8 Å². The Hall–Kier alpha value is -1.74. The first-order valence-electron chi connectivity index (χ1n) is 6.70. The summed E-state index contributed by atoms with van der Waals surface area (Å²) in [7, 11) is 4.00. The van der Waals surface area contributed by atoms with Gasteiger partial charge in [-0.2, -0.15) is 10.4 Å². The van der Waals surface area contributed by atoms with Crippen molar-refractivity contribution in [2.24, 2.45) is 5.92 Å². The Morgan fingerprint density at radius 3 is 2.79 bits per heavy atom. The highest BCUT2D eigenvalue weighted by Gasteiger charge is 2.29. The molecule has 19 heavy (non-hydrogen) atoms. The van der Waals surface area contributed by atoms with Crippen LogP contribution in [0.2, 0.25) is 0 Å². The first kappa shape index (κ1) is 13.7. The van der Waals surface area contributed by atoms with Crippen LogP contribution in [0.3, 0.4) is 0 Å². The van der Waals surface area contributed by atoms with E-state index >= 15 is 0 Å². The molecule has 0 saturated heterocycles. The summed E-state index contributed by atoms with van der Waals surface area (Å²) in [4.78, 5) is 2.06. The van der Waals surface area contributed by atoms with Crippen LogP contribution in [0.4, 0.5) is 11.6 Å². The van der Waals surface area contributed by atoms with E-state index in [1.54, 1.807) is 4.68 Å². The van der Waals surface area contributed by atoms with Crippen molar-refractivity contribution in [2.75, 3.05) is 31.7 Å². The number of anilines is 2. The highest BCUT2D eigenvalue weighted by molar-refractivity contribution is 5.64. The van der Waals surface area contributed by atoms with Crippen molar-refractivity contribution >= 4 is 11.6 Å². The van der Waals surface area contributed by atoms with Gasteiger partial charge in [-0.15, -0.1) is 0 Å². The van der Waals surface area contributed by atoms with Gasteiger partial charge in [-0.1, -0.05) is 0 Å². The minimum absolute atomic E-state index is 0.351. The van der Waals surface area contributed by atoms with E-state index in [2.05, 4.69) is 28.3 Å². The van der Waals surface area contributed by atoms with E-state index in [-0.39, 0.29) is 0 Å². The van der Waals surface area contributed by atoms with E-state index in [0.717, 1.165) is 6.54 Å². The molecule has 1 atom stereocenters. The summed E-state index contributed by atoms with van der Waals surface area (Å²) < 4.78 is 1.71. The molecule has 1 fully saturated rings. The molecule has 1 aromatic rings. The lowest BCUT2D eigenvalue weighted by atomic mass is 10.2. The van der Waals surface area contributed by atoms with Gasteiger partial charge in [0.15, 0.2) is 5.82 Å². The van der Waals surface area contributed by atoms with Gasteiger partial charge in [0.25, 0.3) is 0 Å². The molecule has 1 unspecified atom stereocenters. The van der Waals surface area contributed by atoms with Crippen molar-refractivity contribution in [1.29, 1.82) is 5.26 Å². The van der Waals surface area contributed by atoms with Gasteiger partial charge >= 0.3 is 0 Å². The normalized spacial score (nSPS) is 16.4. The van der Waals surface area contributed by atoms with E-state index < -0.39 is 0 Å². The van der Waals surface area contributed by atoms with Crippen LogP contribution >= 0.6 is 0 Å². The molecule has 0 radical (unpaired) electrons. The molecule has 6 nitrogen and oxygen atoms in total. The molecular formula is C13H22N6. The molecule has 0 spiro atoms. The monoisotopic (exact) mass is 262 g/mol. The van der Waals surface area contributed by atoms with Crippen LogP contribution in [0.1, 0.15) is 25.3 Å². The van der Waals surface area contributed by atoms with Gasteiger partial charge in [-0.05, 0) is 39.8 Å². The number of hydrogen-bond donors (Lipinski definition) is 2. The topological polar surface area (TPSA) is 82.9 Å². The first-order valence-corrected chi connectivity index (χ1v) is 6.70. The van der Waals surface area contributed by atoms with Crippen LogP contribution in [0, 0.1) is 17.2 Å². The minimum Gasteiger partial charge on any atom is -0.383 e. The zero-order chi connectivity index (χ0) is 14.0. The SMILES string of the molecule is CC(Nc1nn(CCN(C)C)c(N)c1C#N)C1CC1. The van der Waals surface area contributed by atoms with Crippen molar-refractivity contribution < 1.29 is 0 Å². The number of nitrogens with two attached hydrogens (primary N) is 1. The Labute approximate surface area is 114 Å². The van der Waals surface area contributed by atoms with E-state index in [0.29, 0.717) is 35.7 Å². The molecule has 1 heterocycles. The van der Waals surface area contributed by atoms with Gasteiger partial charge in [0, 0.05) is 12.6 Å². The molecule has 2 rings (SSSR count). The number of nitrogens with zero attached hydrogens (tertiary/aromatic N) is 4. The third kappa shape index (κ3) is 3.18. The van der Waals surface area contributed by atoms with Crippen molar-refractivity contribution in [3.8, 4) is 6.07 Å². The molecule has 104 valence electrons. The second kappa shape index (κ2) is 5.49. The number of rotatable bonds is 6. The predicted molar refractivity (Wildman–Crippen MR) is 75.7 cm³/mol. The van der Waals surface area contributed by atoms with E-state index in [9.17, 15) is 5.26 Å². The number of likely N-dealkylation sites (N-methyl/N-ethyl adjacent to an activating group) is 1. The van der Waals surface area contributed by atoms with Gasteiger partial charge < -0.3 is 16.0 Å². The Bertz CT molecular complexity index is 480. The van der Waals surface area contributed by atoms with Crippen LogP contribution in [0.15, 0.2) is 0 Å². The molecule has 1 aromatic heterocycles. The zero-order valence-electron chi connectivity index (χ0n) is 11.8. The molecule has 0 bridgehead atoms. The number of hydrogen-bond acceptors (Lipinski definition) is 5. The summed E-state index contributed by atoms with van der Waals surface area (Å²) in [5.74, 6) is 1.78. The maximum atomic E-state index is 9.22. The van der Waals surface area contributed by atoms with Crippen molar-refractivity contribution in [2.45, 2.75) is 32.4 Å². The van der Waals surface area contributed by atoms with Crippen molar-refractivity contribution in [1.82, 2.24) is 14.7 Å². The quantitative estimate of drug-likeness (QED) is 0.802. The van der Waals surface area contributed by atoms with E-state index in [4.69, 9.17) is 5.73 Å². The Morgan fingerprint density at radius 2 is 2.26 bits per heavy atom. The average Bonchev–Trinajstić information content (AvgIpc) is 3.14. The van der Waals surface area contributed by atoms with Gasteiger partial charge in [0.1, 0.15) is 17.5 Å². The molecule has 3 N–H and O–H groups in total. The third-order valence-electron chi connectivity index (χ3n) is 3.56. The summed E-state index contributed by atoms with van der Waals surface area (Å²) in [5, 5.41) is 17.0. The van der Waals surface area contributed by atoms with Gasteiger partial charge in [-0.25, -0.2) is 4.68 Å². The fraction of sp³-hybridized carbons (Fsp3) is 0.692. The minimum atomic E-state index is 0.351. The van der Waals surface area contributed by atoms with Crippen LogP contribution in [0.5, 0.6) is 0 Å². The molecule has 6 heteroatoms. The summed E-state index contributed by atoms with van der Waals surface area (Å²) in [5.41, 5.74) is 6.45. The molecule has 1 saturated carbocycles. The van der Waals surface area contributed by atoms with Gasteiger partial charge in [0.2, 0.25) is 0 Å². The first-order chi connectivity index (χ1) is 9.02. The lowest BCUT2D eigenvalue weighted by Crippen LogP contribution is -2.20. The number of nitrogens with one attached hydrogen (secondary N) is 1. The summed E-state index contributed by atoms with van der Waals surface area (Å²) >= 11 is 0. The maximum absolute atomic E-state index is 9.22. The molecular weight excluding hydrogens is 240 g/mol. The molecule has 0 amide bonds. The van der Waals surface area contributed by atoms with Gasteiger partial charge in [0.05, 0.1) is 6.54 Å². The maximum Gasteiger partial charge on any atom is 0.168 e. The summed E-state index contributed by atoms with van der Waals surface area (Å²) in [6, 6.07) is 2.50. The number of nitrogen functional groups attached to an aromatic ring is 1. The predicted octanol–water partition coefficient (Wildman–Crippen LogP) is 1.11. The smallest absolute Gasteiger partial charge is 0.168 e. The van der Waals surface area contributed by atoms with Crippen LogP contribution in [-0.2, 0) is 6.54 Å². The van der Waals surface area contributed by atoms with Crippen LogP contribution < -0.4 is 11.1 Å².